The van der Waals surface area contributed by atoms with Gasteiger partial charge in [0, 0.05) is 30.7 Å². The number of ether oxygens (including phenoxy) is 3. The average molecular weight is 900 g/mol. The lowest BCUT2D eigenvalue weighted by molar-refractivity contribution is -0.143. The zero-order chi connectivity index (χ0) is 34.5. The van der Waals surface area contributed by atoms with Crippen molar-refractivity contribution in [2.45, 2.75) is 46.5 Å². The highest BCUT2D eigenvalue weighted by molar-refractivity contribution is 9.11. The van der Waals surface area contributed by atoms with Crippen LogP contribution in [0.3, 0.4) is 0 Å². The number of carboxylic acid groups (broad SMARTS) is 1. The number of halogens is 4. The summed E-state index contributed by atoms with van der Waals surface area (Å²) in [5, 5.41) is 8.65. The molecular formula is C30H36Br4N4O8. The van der Waals surface area contributed by atoms with Gasteiger partial charge in [-0.05, 0) is 70.0 Å². The van der Waals surface area contributed by atoms with Gasteiger partial charge in [0.1, 0.15) is 11.4 Å². The molecule has 0 fully saturated rings. The molecule has 2 rings (SSSR count). The SMILES string of the molecule is CCOC(=O)/C(=C\CCC(=O)O)NNc1cc(Br)cc(Br)c1.CCOC(=O)CC/C=C(/NNc1cc(Br)cc(Br)c1)C(=O)OCC. The Hall–Kier alpha value is -3.08. The lowest BCUT2D eigenvalue weighted by Crippen LogP contribution is -2.27. The number of benzene rings is 2. The van der Waals surface area contributed by atoms with Crippen LogP contribution in [-0.2, 0) is 33.4 Å². The van der Waals surface area contributed by atoms with Crippen molar-refractivity contribution in [2.24, 2.45) is 0 Å². The molecule has 0 spiro atoms. The maximum absolute atomic E-state index is 12.0. The summed E-state index contributed by atoms with van der Waals surface area (Å²) in [6, 6.07) is 11.1. The fourth-order valence-electron chi connectivity index (χ4n) is 3.23. The van der Waals surface area contributed by atoms with Gasteiger partial charge >= 0.3 is 23.9 Å². The summed E-state index contributed by atoms with van der Waals surface area (Å²) in [6.45, 7) is 6.01. The van der Waals surface area contributed by atoms with E-state index in [9.17, 15) is 19.2 Å². The number of carbonyl (C=O) groups excluding carboxylic acids is 3. The van der Waals surface area contributed by atoms with Gasteiger partial charge in [0.05, 0.1) is 31.2 Å². The van der Waals surface area contributed by atoms with Crippen LogP contribution in [0.15, 0.2) is 77.8 Å². The lowest BCUT2D eigenvalue weighted by atomic mass is 10.2. The van der Waals surface area contributed by atoms with Gasteiger partial charge < -0.3 is 30.2 Å². The van der Waals surface area contributed by atoms with Crippen LogP contribution in [0.5, 0.6) is 0 Å². The number of carbonyl (C=O) groups is 4. The highest BCUT2D eigenvalue weighted by Gasteiger charge is 2.12. The zero-order valence-corrected chi connectivity index (χ0v) is 31.7. The molecule has 0 aliphatic carbocycles. The van der Waals surface area contributed by atoms with Crippen LogP contribution < -0.4 is 21.7 Å². The maximum Gasteiger partial charge on any atom is 0.355 e. The Kier molecular flexibility index (Phi) is 20.7. The molecule has 2 aromatic carbocycles. The molecular weight excluding hydrogens is 864 g/mol. The smallest absolute Gasteiger partial charge is 0.355 e. The van der Waals surface area contributed by atoms with E-state index in [0.717, 1.165) is 29.3 Å². The van der Waals surface area contributed by atoms with Crippen LogP contribution in [0.2, 0.25) is 0 Å². The third kappa shape index (κ3) is 18.2. The van der Waals surface area contributed by atoms with Gasteiger partial charge in [0.15, 0.2) is 0 Å². The minimum atomic E-state index is -0.927. The van der Waals surface area contributed by atoms with Crippen molar-refractivity contribution in [3.05, 3.63) is 77.8 Å². The molecule has 16 heteroatoms. The third-order valence-corrected chi connectivity index (χ3v) is 6.94. The van der Waals surface area contributed by atoms with Crippen molar-refractivity contribution >= 4 is 99.0 Å². The maximum atomic E-state index is 12.0. The Labute approximate surface area is 301 Å². The van der Waals surface area contributed by atoms with E-state index in [-0.39, 0.29) is 49.8 Å². The van der Waals surface area contributed by atoms with E-state index in [4.69, 9.17) is 19.3 Å². The Balaban J connectivity index is 0.000000462. The monoisotopic (exact) mass is 896 g/mol. The first kappa shape index (κ1) is 40.9. The predicted molar refractivity (Wildman–Crippen MR) is 189 cm³/mol. The van der Waals surface area contributed by atoms with Gasteiger partial charge in [-0.1, -0.05) is 75.9 Å². The number of hydrogen-bond acceptors (Lipinski definition) is 11. The summed E-state index contributed by atoms with van der Waals surface area (Å²) in [5.74, 6) is -2.28. The fraction of sp³-hybridized carbons (Fsp3) is 0.333. The van der Waals surface area contributed by atoms with Gasteiger partial charge in [-0.25, -0.2) is 9.59 Å². The van der Waals surface area contributed by atoms with Crippen molar-refractivity contribution in [1.29, 1.82) is 0 Å². The van der Waals surface area contributed by atoms with E-state index in [1.165, 1.54) is 6.08 Å². The van der Waals surface area contributed by atoms with Crippen molar-refractivity contribution < 1.29 is 38.5 Å². The second kappa shape index (κ2) is 23.3. The standard InChI is InChI=1S/C16H20Br2N2O4.C14H16Br2N2O4/c1-3-23-15(21)7-5-6-14(16(22)24-4-2)20-19-13-9-11(17)8-12(18)10-13;1-2-22-14(21)12(4-3-5-13(19)20)18-17-11-7-9(15)6-10(16)8-11/h6,8-10,19-20H,3-5,7H2,1-2H3;4,6-8,17-18H,2-3,5H2,1H3,(H,19,20)/b14-6+;12-4+. The molecule has 0 aliphatic heterocycles. The second-order valence-corrected chi connectivity index (χ2v) is 12.4. The molecule has 0 radical (unpaired) electrons. The molecule has 0 aliphatic rings. The number of allylic oxidation sites excluding steroid dienone is 2. The fourth-order valence-corrected chi connectivity index (χ4v) is 5.81. The Morgan fingerprint density at radius 1 is 0.630 bits per heavy atom. The number of nitrogens with one attached hydrogen (secondary N) is 4. The Bertz CT molecular complexity index is 1350. The molecule has 0 amide bonds. The Morgan fingerprint density at radius 3 is 1.35 bits per heavy atom. The number of hydrazine groups is 2. The van der Waals surface area contributed by atoms with Crippen LogP contribution in [0, 0.1) is 0 Å². The summed E-state index contributed by atoms with van der Waals surface area (Å²) < 4.78 is 18.3. The van der Waals surface area contributed by atoms with Crippen LogP contribution in [0.4, 0.5) is 11.4 Å². The van der Waals surface area contributed by atoms with Crippen LogP contribution in [0.25, 0.3) is 0 Å². The van der Waals surface area contributed by atoms with E-state index in [0.29, 0.717) is 13.0 Å². The first-order valence-corrected chi connectivity index (χ1v) is 17.1. The highest BCUT2D eigenvalue weighted by atomic mass is 79.9. The van der Waals surface area contributed by atoms with E-state index in [2.05, 4.69) is 85.4 Å². The number of anilines is 2. The summed E-state index contributed by atoms with van der Waals surface area (Å²) in [5.41, 5.74) is 13.2. The van der Waals surface area contributed by atoms with Crippen molar-refractivity contribution in [3.63, 3.8) is 0 Å². The van der Waals surface area contributed by atoms with Crippen molar-refractivity contribution in [1.82, 2.24) is 10.9 Å². The molecule has 46 heavy (non-hydrogen) atoms. The number of aliphatic carboxylic acids is 1. The highest BCUT2D eigenvalue weighted by Crippen LogP contribution is 2.24. The van der Waals surface area contributed by atoms with Crippen LogP contribution in [0.1, 0.15) is 46.5 Å². The summed E-state index contributed by atoms with van der Waals surface area (Å²) >= 11 is 13.5. The minimum absolute atomic E-state index is 0.0625. The number of hydrogen-bond donors (Lipinski definition) is 5. The summed E-state index contributed by atoms with van der Waals surface area (Å²) in [4.78, 5) is 45.7. The normalized spacial score (nSPS) is 10.9. The van der Waals surface area contributed by atoms with E-state index >= 15 is 0 Å². The topological polar surface area (TPSA) is 164 Å². The van der Waals surface area contributed by atoms with Gasteiger partial charge in [0.2, 0.25) is 0 Å². The largest absolute Gasteiger partial charge is 0.481 e. The molecule has 0 heterocycles. The average Bonchev–Trinajstić information content (AvgIpc) is 2.96. The number of carboxylic acids is 1. The molecule has 252 valence electrons. The van der Waals surface area contributed by atoms with Gasteiger partial charge in [-0.15, -0.1) is 0 Å². The van der Waals surface area contributed by atoms with E-state index in [1.807, 2.05) is 36.4 Å². The van der Waals surface area contributed by atoms with Gasteiger partial charge in [-0.3, -0.25) is 20.4 Å². The third-order valence-electron chi connectivity index (χ3n) is 5.11. The van der Waals surface area contributed by atoms with E-state index < -0.39 is 17.9 Å². The first-order valence-electron chi connectivity index (χ1n) is 14.0. The van der Waals surface area contributed by atoms with Gasteiger partial charge in [-0.2, -0.15) is 0 Å². The molecule has 0 bridgehead atoms. The molecule has 0 unspecified atom stereocenters. The molecule has 12 nitrogen and oxygen atoms in total. The number of rotatable bonds is 17. The lowest BCUT2D eigenvalue weighted by Gasteiger charge is -2.13. The molecule has 5 N–H and O–H groups in total. The number of esters is 3. The van der Waals surface area contributed by atoms with Crippen LogP contribution >= 0.6 is 63.7 Å². The van der Waals surface area contributed by atoms with Crippen molar-refractivity contribution in [3.8, 4) is 0 Å². The molecule has 0 atom stereocenters. The molecule has 0 saturated carbocycles. The summed E-state index contributed by atoms with van der Waals surface area (Å²) in [6.07, 6.45) is 3.82. The van der Waals surface area contributed by atoms with Crippen molar-refractivity contribution in [2.75, 3.05) is 30.7 Å². The molecule has 0 aromatic heterocycles. The quantitative estimate of drug-likeness (QED) is 0.0465. The summed E-state index contributed by atoms with van der Waals surface area (Å²) in [7, 11) is 0. The first-order chi connectivity index (χ1) is 21.9. The zero-order valence-electron chi connectivity index (χ0n) is 25.4. The molecule has 2 aromatic rings. The van der Waals surface area contributed by atoms with Gasteiger partial charge in [0.25, 0.3) is 0 Å². The van der Waals surface area contributed by atoms with E-state index in [1.54, 1.807) is 26.8 Å². The second-order valence-electron chi connectivity index (χ2n) is 8.77. The Morgan fingerprint density at radius 2 is 1.00 bits per heavy atom. The minimum Gasteiger partial charge on any atom is -0.481 e. The molecule has 0 saturated heterocycles. The van der Waals surface area contributed by atoms with Crippen LogP contribution in [-0.4, -0.2) is 48.8 Å². The predicted octanol–water partition coefficient (Wildman–Crippen LogP) is 7.36.